The number of rotatable bonds is 4. The Kier molecular flexibility index (Phi) is 3.86. The lowest BCUT2D eigenvalue weighted by atomic mass is 10.2. The van der Waals surface area contributed by atoms with Crippen LogP contribution in [-0.4, -0.2) is 11.7 Å². The third-order valence-electron chi connectivity index (χ3n) is 2.72. The number of ether oxygens (including phenoxy) is 1. The minimum atomic E-state index is 0.545. The summed E-state index contributed by atoms with van der Waals surface area (Å²) in [7, 11) is 1.69. The van der Waals surface area contributed by atoms with Gasteiger partial charge in [0.2, 0.25) is 0 Å². The van der Waals surface area contributed by atoms with Gasteiger partial charge >= 0.3 is 0 Å². The monoisotopic (exact) mass is 294 g/mol. The molecule has 17 heavy (non-hydrogen) atoms. The fourth-order valence-corrected chi connectivity index (χ4v) is 2.25. The summed E-state index contributed by atoms with van der Waals surface area (Å²) < 4.78 is 8.54. The van der Waals surface area contributed by atoms with Crippen molar-refractivity contribution in [3.05, 3.63) is 52.3 Å². The summed E-state index contributed by atoms with van der Waals surface area (Å²) in [6.07, 6.45) is 2.03. The molecule has 2 rings (SSSR count). The number of hydrogen-bond acceptors (Lipinski definition) is 2. The molecule has 1 heterocycles. The third kappa shape index (κ3) is 2.70. The van der Waals surface area contributed by atoms with Gasteiger partial charge in [-0.1, -0.05) is 15.9 Å². The number of aromatic nitrogens is 1. The van der Waals surface area contributed by atoms with E-state index < -0.39 is 0 Å². The standard InChI is InChI=1S/C13H15BrN2O/c1-17-13-5-4-11(14)7-10(13)9-16-6-2-3-12(16)8-15/h2-7H,8-9,15H2,1H3. The maximum absolute atomic E-state index is 5.69. The molecule has 0 spiro atoms. The first-order chi connectivity index (χ1) is 8.24. The molecule has 2 N–H and O–H groups in total. The molecule has 1 aromatic heterocycles. The smallest absolute Gasteiger partial charge is 0.123 e. The Morgan fingerprint density at radius 3 is 2.88 bits per heavy atom. The van der Waals surface area contributed by atoms with Crippen molar-refractivity contribution in [2.45, 2.75) is 13.1 Å². The van der Waals surface area contributed by atoms with Crippen LogP contribution in [0.2, 0.25) is 0 Å². The normalized spacial score (nSPS) is 10.5. The van der Waals surface area contributed by atoms with Gasteiger partial charge in [0, 0.05) is 28.5 Å². The van der Waals surface area contributed by atoms with Crippen molar-refractivity contribution in [2.75, 3.05) is 7.11 Å². The van der Waals surface area contributed by atoms with Crippen LogP contribution in [0.15, 0.2) is 41.0 Å². The lowest BCUT2D eigenvalue weighted by Crippen LogP contribution is -2.08. The van der Waals surface area contributed by atoms with E-state index in [1.165, 1.54) is 0 Å². The van der Waals surface area contributed by atoms with Gasteiger partial charge in [-0.25, -0.2) is 0 Å². The van der Waals surface area contributed by atoms with Crippen LogP contribution in [0.5, 0.6) is 5.75 Å². The average molecular weight is 295 g/mol. The summed E-state index contributed by atoms with van der Waals surface area (Å²) in [5.41, 5.74) is 7.94. The Morgan fingerprint density at radius 2 is 2.18 bits per heavy atom. The van der Waals surface area contributed by atoms with Crippen LogP contribution in [0.3, 0.4) is 0 Å². The summed E-state index contributed by atoms with van der Waals surface area (Å²) in [5.74, 6) is 0.893. The summed E-state index contributed by atoms with van der Waals surface area (Å²) in [4.78, 5) is 0. The van der Waals surface area contributed by atoms with Crippen LogP contribution in [0.1, 0.15) is 11.3 Å². The molecule has 3 nitrogen and oxygen atoms in total. The van der Waals surface area contributed by atoms with Crippen LogP contribution in [0.25, 0.3) is 0 Å². The Hall–Kier alpha value is -1.26. The van der Waals surface area contributed by atoms with Crippen molar-refractivity contribution in [1.29, 1.82) is 0 Å². The molecule has 0 atom stereocenters. The van der Waals surface area contributed by atoms with Crippen molar-refractivity contribution in [1.82, 2.24) is 4.57 Å². The zero-order chi connectivity index (χ0) is 12.3. The van der Waals surface area contributed by atoms with E-state index >= 15 is 0 Å². The van der Waals surface area contributed by atoms with Gasteiger partial charge in [-0.15, -0.1) is 0 Å². The Labute approximate surface area is 109 Å². The molecule has 0 amide bonds. The minimum absolute atomic E-state index is 0.545. The molecule has 2 aromatic rings. The molecule has 0 aliphatic carbocycles. The first kappa shape index (κ1) is 12.2. The number of nitrogens with zero attached hydrogens (tertiary/aromatic N) is 1. The molecule has 0 aliphatic rings. The first-order valence-corrected chi connectivity index (χ1v) is 6.20. The number of benzene rings is 1. The van der Waals surface area contributed by atoms with Crippen LogP contribution >= 0.6 is 15.9 Å². The Morgan fingerprint density at radius 1 is 1.35 bits per heavy atom. The molecule has 0 saturated heterocycles. The van der Waals surface area contributed by atoms with Crippen LogP contribution in [0.4, 0.5) is 0 Å². The van der Waals surface area contributed by atoms with E-state index in [0.717, 1.165) is 28.0 Å². The maximum atomic E-state index is 5.69. The molecule has 90 valence electrons. The highest BCUT2D eigenvalue weighted by Gasteiger charge is 2.06. The summed E-state index contributed by atoms with van der Waals surface area (Å²) in [6, 6.07) is 10.0. The largest absolute Gasteiger partial charge is 0.496 e. The molecule has 4 heteroatoms. The van der Waals surface area contributed by atoms with E-state index in [1.54, 1.807) is 7.11 Å². The fraction of sp³-hybridized carbons (Fsp3) is 0.231. The molecule has 0 fully saturated rings. The van der Waals surface area contributed by atoms with E-state index in [4.69, 9.17) is 10.5 Å². The van der Waals surface area contributed by atoms with Crippen LogP contribution in [-0.2, 0) is 13.1 Å². The molecular weight excluding hydrogens is 280 g/mol. The van der Waals surface area contributed by atoms with E-state index in [1.807, 2.05) is 30.5 Å². The molecule has 0 aliphatic heterocycles. The van der Waals surface area contributed by atoms with Crippen LogP contribution in [0, 0.1) is 0 Å². The van der Waals surface area contributed by atoms with Gasteiger partial charge < -0.3 is 15.0 Å². The van der Waals surface area contributed by atoms with Gasteiger partial charge in [0.25, 0.3) is 0 Å². The molecule has 0 unspecified atom stereocenters. The number of halogens is 1. The number of methoxy groups -OCH3 is 1. The van der Waals surface area contributed by atoms with Gasteiger partial charge in [0.1, 0.15) is 5.75 Å². The first-order valence-electron chi connectivity index (χ1n) is 5.41. The van der Waals surface area contributed by atoms with Gasteiger partial charge in [-0.05, 0) is 30.3 Å². The van der Waals surface area contributed by atoms with Gasteiger partial charge in [0.15, 0.2) is 0 Å². The summed E-state index contributed by atoms with van der Waals surface area (Å²) in [5, 5.41) is 0. The Balaban J connectivity index is 2.32. The highest BCUT2D eigenvalue weighted by molar-refractivity contribution is 9.10. The molecule has 0 saturated carbocycles. The third-order valence-corrected chi connectivity index (χ3v) is 3.21. The van der Waals surface area contributed by atoms with Crippen molar-refractivity contribution in [3.8, 4) is 5.75 Å². The highest BCUT2D eigenvalue weighted by Crippen LogP contribution is 2.24. The maximum Gasteiger partial charge on any atom is 0.123 e. The number of nitrogens with two attached hydrogens (primary N) is 1. The SMILES string of the molecule is COc1ccc(Br)cc1Cn1cccc1CN. The van der Waals surface area contributed by atoms with Crippen molar-refractivity contribution in [3.63, 3.8) is 0 Å². The van der Waals surface area contributed by atoms with Crippen molar-refractivity contribution in [2.24, 2.45) is 5.73 Å². The zero-order valence-electron chi connectivity index (χ0n) is 9.69. The second-order valence-electron chi connectivity index (χ2n) is 3.79. The van der Waals surface area contributed by atoms with E-state index in [0.29, 0.717) is 6.54 Å². The van der Waals surface area contributed by atoms with Crippen molar-refractivity contribution >= 4 is 15.9 Å². The zero-order valence-corrected chi connectivity index (χ0v) is 11.3. The highest BCUT2D eigenvalue weighted by atomic mass is 79.9. The topological polar surface area (TPSA) is 40.2 Å². The molecule has 0 radical (unpaired) electrons. The van der Waals surface area contributed by atoms with Gasteiger partial charge in [-0.3, -0.25) is 0 Å². The second-order valence-corrected chi connectivity index (χ2v) is 4.70. The second kappa shape index (κ2) is 5.38. The van der Waals surface area contributed by atoms with Gasteiger partial charge in [0.05, 0.1) is 13.7 Å². The minimum Gasteiger partial charge on any atom is -0.496 e. The van der Waals surface area contributed by atoms with Crippen molar-refractivity contribution < 1.29 is 4.74 Å². The molecule has 1 aromatic carbocycles. The van der Waals surface area contributed by atoms with Crippen LogP contribution < -0.4 is 10.5 Å². The Bertz CT molecular complexity index is 508. The summed E-state index contributed by atoms with van der Waals surface area (Å²) >= 11 is 3.48. The van der Waals surface area contributed by atoms with E-state index in [9.17, 15) is 0 Å². The quantitative estimate of drug-likeness (QED) is 0.942. The van der Waals surface area contributed by atoms with E-state index in [2.05, 4.69) is 26.6 Å². The van der Waals surface area contributed by atoms with Gasteiger partial charge in [-0.2, -0.15) is 0 Å². The fourth-order valence-electron chi connectivity index (χ4n) is 1.84. The lowest BCUT2D eigenvalue weighted by molar-refractivity contribution is 0.408. The molecule has 0 bridgehead atoms. The average Bonchev–Trinajstić information content (AvgIpc) is 2.77. The molecular formula is C13H15BrN2O. The summed E-state index contributed by atoms with van der Waals surface area (Å²) in [6.45, 7) is 1.31. The predicted octanol–water partition coefficient (Wildman–Crippen LogP) is 2.77. The van der Waals surface area contributed by atoms with E-state index in [-0.39, 0.29) is 0 Å². The lowest BCUT2D eigenvalue weighted by Gasteiger charge is -2.12. The number of hydrogen-bond donors (Lipinski definition) is 1. The predicted molar refractivity (Wildman–Crippen MR) is 72.1 cm³/mol.